The van der Waals surface area contributed by atoms with Crippen molar-refractivity contribution in [2.45, 2.75) is 11.9 Å². The standard InChI is InChI=1S/C12H12N2O2S/c1-3-9(4-2)10-5-6-11-13-7-12(17(15)16)14(11)8-10/h3-8H,1H2,2H3,(H,15,16). The maximum Gasteiger partial charge on any atom is 0.205 e. The molecule has 0 aliphatic rings. The highest BCUT2D eigenvalue weighted by Gasteiger charge is 2.09. The largest absolute Gasteiger partial charge is 0.301 e. The molecule has 0 amide bonds. The van der Waals surface area contributed by atoms with Crippen LogP contribution in [-0.2, 0) is 11.1 Å². The van der Waals surface area contributed by atoms with E-state index in [0.29, 0.717) is 5.65 Å². The first-order valence-electron chi connectivity index (χ1n) is 5.04. The van der Waals surface area contributed by atoms with Gasteiger partial charge in [-0.05, 0) is 30.2 Å². The van der Waals surface area contributed by atoms with Gasteiger partial charge in [0.05, 0.1) is 6.20 Å². The third-order valence-corrected chi connectivity index (χ3v) is 3.17. The van der Waals surface area contributed by atoms with E-state index in [1.807, 2.05) is 19.1 Å². The summed E-state index contributed by atoms with van der Waals surface area (Å²) in [4.78, 5) is 4.06. The van der Waals surface area contributed by atoms with E-state index in [9.17, 15) is 4.21 Å². The fraction of sp³-hybridized carbons (Fsp3) is 0.0833. The van der Waals surface area contributed by atoms with Crippen LogP contribution in [0.5, 0.6) is 0 Å². The number of rotatable bonds is 3. The summed E-state index contributed by atoms with van der Waals surface area (Å²) >= 11 is -2.04. The van der Waals surface area contributed by atoms with Crippen molar-refractivity contribution >= 4 is 22.3 Å². The number of allylic oxidation sites excluding steroid dienone is 3. The Morgan fingerprint density at radius 2 is 2.35 bits per heavy atom. The second-order valence-corrected chi connectivity index (χ2v) is 4.36. The molecule has 1 unspecified atom stereocenters. The summed E-state index contributed by atoms with van der Waals surface area (Å²) in [6.45, 7) is 5.65. The van der Waals surface area contributed by atoms with Gasteiger partial charge in [0.15, 0.2) is 5.03 Å². The first-order chi connectivity index (χ1) is 8.17. The van der Waals surface area contributed by atoms with E-state index in [4.69, 9.17) is 4.55 Å². The van der Waals surface area contributed by atoms with Gasteiger partial charge in [0.1, 0.15) is 5.65 Å². The molecule has 2 heterocycles. The van der Waals surface area contributed by atoms with Crippen LogP contribution in [0.25, 0.3) is 11.2 Å². The van der Waals surface area contributed by atoms with Crippen LogP contribution in [0.3, 0.4) is 0 Å². The highest BCUT2D eigenvalue weighted by atomic mass is 32.2. The van der Waals surface area contributed by atoms with Gasteiger partial charge in [-0.2, -0.15) is 0 Å². The molecule has 0 aliphatic heterocycles. The lowest BCUT2D eigenvalue weighted by Crippen LogP contribution is -1.96. The molecule has 2 rings (SSSR count). The lowest BCUT2D eigenvalue weighted by Gasteiger charge is -2.04. The molecule has 0 fully saturated rings. The molecule has 1 atom stereocenters. The number of nitrogens with zero attached hydrogens (tertiary/aromatic N) is 2. The molecular formula is C12H12N2O2S. The second kappa shape index (κ2) is 4.65. The minimum atomic E-state index is -2.04. The fourth-order valence-corrected chi connectivity index (χ4v) is 2.12. The zero-order chi connectivity index (χ0) is 12.4. The van der Waals surface area contributed by atoms with Crippen LogP contribution in [-0.4, -0.2) is 18.1 Å². The Bertz CT molecular complexity index is 628. The lowest BCUT2D eigenvalue weighted by atomic mass is 10.1. The van der Waals surface area contributed by atoms with Gasteiger partial charge < -0.3 is 4.55 Å². The Morgan fingerprint density at radius 1 is 1.59 bits per heavy atom. The molecule has 0 saturated heterocycles. The number of pyridine rings is 1. The summed E-state index contributed by atoms with van der Waals surface area (Å²) in [6.07, 6.45) is 6.86. The maximum absolute atomic E-state index is 11.1. The monoisotopic (exact) mass is 248 g/mol. The molecule has 2 aromatic heterocycles. The number of hydrogen-bond donors (Lipinski definition) is 1. The molecular weight excluding hydrogens is 236 g/mol. The molecule has 1 N–H and O–H groups in total. The smallest absolute Gasteiger partial charge is 0.205 e. The van der Waals surface area contributed by atoms with Crippen LogP contribution in [0.1, 0.15) is 12.5 Å². The van der Waals surface area contributed by atoms with Crippen LogP contribution >= 0.6 is 0 Å². The van der Waals surface area contributed by atoms with Gasteiger partial charge in [-0.25, -0.2) is 9.19 Å². The van der Waals surface area contributed by atoms with Gasteiger partial charge >= 0.3 is 0 Å². The van der Waals surface area contributed by atoms with Crippen LogP contribution in [0.15, 0.2) is 48.3 Å². The molecule has 4 nitrogen and oxygen atoms in total. The van der Waals surface area contributed by atoms with E-state index in [-0.39, 0.29) is 5.03 Å². The highest BCUT2D eigenvalue weighted by Crippen LogP contribution is 2.18. The first-order valence-corrected chi connectivity index (χ1v) is 6.15. The van der Waals surface area contributed by atoms with E-state index in [2.05, 4.69) is 11.6 Å². The van der Waals surface area contributed by atoms with Crippen molar-refractivity contribution in [3.05, 3.63) is 48.8 Å². The molecule has 0 spiro atoms. The van der Waals surface area contributed by atoms with Crippen molar-refractivity contribution in [2.75, 3.05) is 0 Å². The predicted molar refractivity (Wildman–Crippen MR) is 68.1 cm³/mol. The predicted octanol–water partition coefficient (Wildman–Crippen LogP) is 2.50. The van der Waals surface area contributed by atoms with Crippen LogP contribution in [0, 0.1) is 0 Å². The number of aromatic nitrogens is 2. The molecule has 0 saturated carbocycles. The Hall–Kier alpha value is -1.72. The van der Waals surface area contributed by atoms with Crippen LogP contribution < -0.4 is 0 Å². The van der Waals surface area contributed by atoms with Crippen molar-refractivity contribution in [1.82, 2.24) is 9.38 Å². The van der Waals surface area contributed by atoms with E-state index in [1.165, 1.54) is 6.20 Å². The second-order valence-electron chi connectivity index (χ2n) is 3.44. The Labute approximate surface area is 102 Å². The van der Waals surface area contributed by atoms with Gasteiger partial charge in [0, 0.05) is 6.20 Å². The topological polar surface area (TPSA) is 54.6 Å². The SMILES string of the molecule is C=CC(=CC)c1ccc2ncc(S(=O)O)n2c1. The molecule has 17 heavy (non-hydrogen) atoms. The lowest BCUT2D eigenvalue weighted by molar-refractivity contribution is 0.559. The van der Waals surface area contributed by atoms with Gasteiger partial charge in [-0.1, -0.05) is 18.7 Å². The summed E-state index contributed by atoms with van der Waals surface area (Å²) in [7, 11) is 0. The summed E-state index contributed by atoms with van der Waals surface area (Å²) in [5.74, 6) is 0. The first kappa shape index (κ1) is 11.8. The van der Waals surface area contributed by atoms with Crippen molar-refractivity contribution in [3.63, 3.8) is 0 Å². The fourth-order valence-electron chi connectivity index (χ4n) is 1.66. The molecule has 0 aliphatic carbocycles. The zero-order valence-corrected chi connectivity index (χ0v) is 10.1. The van der Waals surface area contributed by atoms with Gasteiger partial charge in [0.2, 0.25) is 11.1 Å². The van der Waals surface area contributed by atoms with Crippen molar-refractivity contribution in [2.24, 2.45) is 0 Å². The van der Waals surface area contributed by atoms with E-state index >= 15 is 0 Å². The van der Waals surface area contributed by atoms with Crippen LogP contribution in [0.4, 0.5) is 0 Å². The minimum absolute atomic E-state index is 0.265. The van der Waals surface area contributed by atoms with Gasteiger partial charge in [-0.3, -0.25) is 4.40 Å². The normalized spacial score (nSPS) is 13.9. The van der Waals surface area contributed by atoms with E-state index in [0.717, 1.165) is 11.1 Å². The third kappa shape index (κ3) is 2.07. The molecule has 2 aromatic rings. The van der Waals surface area contributed by atoms with E-state index < -0.39 is 11.1 Å². The van der Waals surface area contributed by atoms with Gasteiger partial charge in [-0.15, -0.1) is 0 Å². The number of fused-ring (bicyclic) bond motifs is 1. The Morgan fingerprint density at radius 3 is 2.94 bits per heavy atom. The quantitative estimate of drug-likeness (QED) is 0.670. The number of hydrogen-bond acceptors (Lipinski definition) is 2. The summed E-state index contributed by atoms with van der Waals surface area (Å²) in [5.41, 5.74) is 2.54. The van der Waals surface area contributed by atoms with Gasteiger partial charge in [0.25, 0.3) is 0 Å². The molecule has 5 heteroatoms. The average Bonchev–Trinajstić information content (AvgIpc) is 2.73. The molecule has 88 valence electrons. The summed E-state index contributed by atoms with van der Waals surface area (Å²) < 4.78 is 21.9. The molecule has 0 bridgehead atoms. The Kier molecular flexibility index (Phi) is 3.21. The molecule has 0 aromatic carbocycles. The Balaban J connectivity index is 2.67. The number of imidazole rings is 1. The van der Waals surface area contributed by atoms with Crippen LogP contribution in [0.2, 0.25) is 0 Å². The summed E-state index contributed by atoms with van der Waals surface area (Å²) in [6, 6.07) is 3.71. The van der Waals surface area contributed by atoms with E-state index in [1.54, 1.807) is 22.7 Å². The highest BCUT2D eigenvalue weighted by molar-refractivity contribution is 7.79. The summed E-state index contributed by atoms with van der Waals surface area (Å²) in [5, 5.41) is 0.265. The van der Waals surface area contributed by atoms with Crippen molar-refractivity contribution < 1.29 is 8.76 Å². The zero-order valence-electron chi connectivity index (χ0n) is 9.33. The maximum atomic E-state index is 11.1. The molecule has 0 radical (unpaired) electrons. The average molecular weight is 248 g/mol. The minimum Gasteiger partial charge on any atom is -0.301 e. The third-order valence-electron chi connectivity index (χ3n) is 2.51. The van der Waals surface area contributed by atoms with Crippen molar-refractivity contribution in [1.29, 1.82) is 0 Å². The van der Waals surface area contributed by atoms with Crippen molar-refractivity contribution in [3.8, 4) is 0 Å².